The molecule has 2 aromatic heterocycles. The summed E-state index contributed by atoms with van der Waals surface area (Å²) in [4.78, 5) is 26.2. The molecular weight excluding hydrogens is 442 g/mol. The number of benzene rings is 1. The van der Waals surface area contributed by atoms with Crippen molar-refractivity contribution < 1.29 is 14.3 Å². The molecule has 2 amide bonds. The van der Waals surface area contributed by atoms with Crippen molar-refractivity contribution in [1.82, 2.24) is 20.3 Å². The molecule has 3 aromatic rings. The van der Waals surface area contributed by atoms with Crippen LogP contribution in [0.3, 0.4) is 0 Å². The number of ether oxygens (including phenoxy) is 2. The van der Waals surface area contributed by atoms with E-state index >= 15 is 0 Å². The molecule has 182 valence electrons. The van der Waals surface area contributed by atoms with Crippen molar-refractivity contribution in [3.05, 3.63) is 83.9 Å². The van der Waals surface area contributed by atoms with Crippen LogP contribution >= 0.6 is 0 Å². The summed E-state index contributed by atoms with van der Waals surface area (Å²) in [5, 5.41) is 5.79. The Balaban J connectivity index is 1.37. The summed E-state index contributed by atoms with van der Waals surface area (Å²) in [5.74, 6) is 0.980. The van der Waals surface area contributed by atoms with Gasteiger partial charge < -0.3 is 14.8 Å². The number of hydrogen-bond acceptors (Lipinski definition) is 6. The number of anilines is 1. The number of urea groups is 1. The van der Waals surface area contributed by atoms with Gasteiger partial charge in [-0.1, -0.05) is 42.5 Å². The zero-order valence-electron chi connectivity index (χ0n) is 20.3. The highest BCUT2D eigenvalue weighted by molar-refractivity contribution is 5.89. The van der Waals surface area contributed by atoms with Crippen molar-refractivity contribution in [2.75, 3.05) is 19.5 Å². The minimum absolute atomic E-state index is 0.0395. The minimum atomic E-state index is -0.299. The molecule has 2 N–H and O–H groups in total. The molecule has 0 saturated heterocycles. The lowest BCUT2D eigenvalue weighted by atomic mass is 9.93. The maximum absolute atomic E-state index is 12.5. The van der Waals surface area contributed by atoms with Gasteiger partial charge in [-0.15, -0.1) is 0 Å². The number of hydrogen-bond donors (Lipinski definition) is 2. The van der Waals surface area contributed by atoms with E-state index in [0.717, 1.165) is 25.0 Å². The van der Waals surface area contributed by atoms with E-state index in [1.807, 2.05) is 43.4 Å². The standard InChI is InChI=1S/C27H31N5O3/c1-18(9-7-12-19-10-5-4-6-11-19)29-27(33)32-24-16-15-21-26(31-24)30-22(17-28-21)20-13-8-14-23(34-2)25(20)35-3/h4-6,8,10-11,13-18,20,25H,7,9,12H2,1-3H3,(H2,29,30,31,32,33)/t18-,20?,25?/m1/s1. The topological polar surface area (TPSA) is 98.3 Å². The number of fused-ring (bicyclic) bond motifs is 1. The third-order valence-corrected chi connectivity index (χ3v) is 6.01. The first-order valence-electron chi connectivity index (χ1n) is 11.8. The Morgan fingerprint density at radius 1 is 1.11 bits per heavy atom. The average molecular weight is 474 g/mol. The molecule has 1 aromatic carbocycles. The Labute approximate surface area is 205 Å². The second-order valence-corrected chi connectivity index (χ2v) is 8.55. The highest BCUT2D eigenvalue weighted by Gasteiger charge is 2.29. The number of carbonyl (C=O) groups is 1. The molecule has 4 rings (SSSR count). The largest absolute Gasteiger partial charge is 0.498 e. The number of amides is 2. The van der Waals surface area contributed by atoms with Crippen LogP contribution in [0.2, 0.25) is 0 Å². The summed E-state index contributed by atoms with van der Waals surface area (Å²) in [5.41, 5.74) is 3.11. The van der Waals surface area contributed by atoms with Crippen molar-refractivity contribution >= 4 is 23.0 Å². The molecule has 8 nitrogen and oxygen atoms in total. The van der Waals surface area contributed by atoms with Gasteiger partial charge in [-0.05, 0) is 50.0 Å². The molecule has 0 aliphatic heterocycles. The van der Waals surface area contributed by atoms with Gasteiger partial charge in [-0.3, -0.25) is 10.3 Å². The van der Waals surface area contributed by atoms with Crippen LogP contribution in [-0.2, 0) is 15.9 Å². The number of carbonyl (C=O) groups excluding carboxylic acids is 1. The lowest BCUT2D eigenvalue weighted by Gasteiger charge is -2.26. The lowest BCUT2D eigenvalue weighted by Crippen LogP contribution is -2.36. The number of nitrogens with one attached hydrogen (secondary N) is 2. The van der Waals surface area contributed by atoms with E-state index in [4.69, 9.17) is 14.5 Å². The van der Waals surface area contributed by atoms with Crippen molar-refractivity contribution in [3.63, 3.8) is 0 Å². The van der Waals surface area contributed by atoms with Crippen molar-refractivity contribution in [3.8, 4) is 0 Å². The second-order valence-electron chi connectivity index (χ2n) is 8.55. The second kappa shape index (κ2) is 11.6. The van der Waals surface area contributed by atoms with E-state index in [-0.39, 0.29) is 24.1 Å². The van der Waals surface area contributed by atoms with Crippen LogP contribution in [0.1, 0.15) is 36.9 Å². The molecule has 2 heterocycles. The summed E-state index contributed by atoms with van der Waals surface area (Å²) >= 11 is 0. The van der Waals surface area contributed by atoms with E-state index in [0.29, 0.717) is 22.7 Å². The zero-order chi connectivity index (χ0) is 24.6. The quantitative estimate of drug-likeness (QED) is 0.465. The highest BCUT2D eigenvalue weighted by atomic mass is 16.5. The molecule has 0 bridgehead atoms. The van der Waals surface area contributed by atoms with Gasteiger partial charge in [-0.2, -0.15) is 0 Å². The number of pyridine rings is 1. The van der Waals surface area contributed by atoms with Gasteiger partial charge in [0.15, 0.2) is 5.65 Å². The first-order valence-corrected chi connectivity index (χ1v) is 11.8. The molecule has 1 aliphatic carbocycles. The first-order chi connectivity index (χ1) is 17.1. The molecule has 3 atom stereocenters. The van der Waals surface area contributed by atoms with Crippen LogP contribution in [0.15, 0.2) is 72.6 Å². The van der Waals surface area contributed by atoms with Crippen LogP contribution < -0.4 is 10.6 Å². The molecule has 0 spiro atoms. The number of aryl methyl sites for hydroxylation is 1. The molecule has 2 unspecified atom stereocenters. The molecule has 0 radical (unpaired) electrons. The summed E-state index contributed by atoms with van der Waals surface area (Å²) in [6.45, 7) is 2.00. The lowest BCUT2D eigenvalue weighted by molar-refractivity contribution is 0.0667. The number of aromatic nitrogens is 3. The summed E-state index contributed by atoms with van der Waals surface area (Å²) < 4.78 is 11.1. The Hall–Kier alpha value is -3.78. The minimum Gasteiger partial charge on any atom is -0.498 e. The van der Waals surface area contributed by atoms with Gasteiger partial charge in [0.05, 0.1) is 18.7 Å². The normalized spacial score (nSPS) is 18.1. The SMILES string of the molecule is COC1=CC=CC(c2cnc3ccc(NC(=O)N[C@H](C)CCCc4ccccc4)nc3n2)C1OC. The Morgan fingerprint density at radius 2 is 1.94 bits per heavy atom. The van der Waals surface area contributed by atoms with Crippen LogP contribution in [0.25, 0.3) is 11.2 Å². The Kier molecular flexibility index (Phi) is 8.05. The van der Waals surface area contributed by atoms with E-state index in [2.05, 4.69) is 32.7 Å². The van der Waals surface area contributed by atoms with Gasteiger partial charge in [0.25, 0.3) is 0 Å². The molecule has 35 heavy (non-hydrogen) atoms. The van der Waals surface area contributed by atoms with Gasteiger partial charge in [0, 0.05) is 19.3 Å². The van der Waals surface area contributed by atoms with Gasteiger partial charge in [0.2, 0.25) is 0 Å². The first kappa shape index (κ1) is 24.3. The van der Waals surface area contributed by atoms with Gasteiger partial charge in [-0.25, -0.2) is 14.8 Å². The van der Waals surface area contributed by atoms with Gasteiger partial charge >= 0.3 is 6.03 Å². The molecular formula is C27H31N5O3. The number of methoxy groups -OCH3 is 2. The Bertz CT molecular complexity index is 1210. The third kappa shape index (κ3) is 6.22. The number of rotatable bonds is 9. The molecule has 0 fully saturated rings. The number of allylic oxidation sites excluding steroid dienone is 2. The van der Waals surface area contributed by atoms with Gasteiger partial charge in [0.1, 0.15) is 23.2 Å². The maximum atomic E-state index is 12.5. The third-order valence-electron chi connectivity index (χ3n) is 6.01. The molecule has 1 aliphatic rings. The Morgan fingerprint density at radius 3 is 2.71 bits per heavy atom. The van der Waals surface area contributed by atoms with Crippen molar-refractivity contribution in [1.29, 1.82) is 0 Å². The van der Waals surface area contributed by atoms with Crippen LogP contribution in [-0.4, -0.2) is 47.3 Å². The zero-order valence-corrected chi connectivity index (χ0v) is 20.3. The fourth-order valence-corrected chi connectivity index (χ4v) is 4.19. The van der Waals surface area contributed by atoms with Crippen molar-refractivity contribution in [2.24, 2.45) is 0 Å². The van der Waals surface area contributed by atoms with Crippen LogP contribution in [0.5, 0.6) is 0 Å². The smallest absolute Gasteiger partial charge is 0.320 e. The predicted molar refractivity (Wildman–Crippen MR) is 136 cm³/mol. The van der Waals surface area contributed by atoms with Crippen LogP contribution in [0.4, 0.5) is 10.6 Å². The summed E-state index contributed by atoms with van der Waals surface area (Å²) in [6, 6.07) is 13.6. The molecule has 0 saturated carbocycles. The average Bonchev–Trinajstić information content (AvgIpc) is 2.88. The summed E-state index contributed by atoms with van der Waals surface area (Å²) in [7, 11) is 3.26. The van der Waals surface area contributed by atoms with Crippen molar-refractivity contribution in [2.45, 2.75) is 44.2 Å². The molecule has 8 heteroatoms. The van der Waals surface area contributed by atoms with E-state index in [1.54, 1.807) is 32.5 Å². The monoisotopic (exact) mass is 473 g/mol. The van der Waals surface area contributed by atoms with E-state index < -0.39 is 0 Å². The predicted octanol–water partition coefficient (Wildman–Crippen LogP) is 4.76. The fourth-order valence-electron chi connectivity index (χ4n) is 4.19. The summed E-state index contributed by atoms with van der Waals surface area (Å²) in [6.07, 6.45) is 10.1. The van der Waals surface area contributed by atoms with E-state index in [1.165, 1.54) is 5.56 Å². The maximum Gasteiger partial charge on any atom is 0.320 e. The number of nitrogens with zero attached hydrogens (tertiary/aromatic N) is 3. The highest BCUT2D eigenvalue weighted by Crippen LogP contribution is 2.30. The van der Waals surface area contributed by atoms with Crippen LogP contribution in [0, 0.1) is 0 Å². The van der Waals surface area contributed by atoms with E-state index in [9.17, 15) is 4.79 Å². The fraction of sp³-hybridized carbons (Fsp3) is 0.333.